The summed E-state index contributed by atoms with van der Waals surface area (Å²) >= 11 is 0. The number of nitrogens with zero attached hydrogens (tertiary/aromatic N) is 1. The molecule has 108 valence electrons. The van der Waals surface area contributed by atoms with Crippen molar-refractivity contribution < 1.29 is 9.59 Å². The molecule has 2 N–H and O–H groups in total. The predicted octanol–water partition coefficient (Wildman–Crippen LogP) is 1.47. The molecule has 1 unspecified atom stereocenters. The fraction of sp³-hybridized carbons (Fsp3) is 0.467. The second-order valence-electron chi connectivity index (χ2n) is 4.85. The van der Waals surface area contributed by atoms with Crippen molar-refractivity contribution in [1.29, 1.82) is 0 Å². The zero-order chi connectivity index (χ0) is 14.5. The molecule has 2 rings (SSSR count). The van der Waals surface area contributed by atoms with E-state index in [4.69, 9.17) is 0 Å². The monoisotopic (exact) mass is 275 g/mol. The van der Waals surface area contributed by atoms with Gasteiger partial charge in [0.25, 0.3) is 5.91 Å². The van der Waals surface area contributed by atoms with E-state index < -0.39 is 0 Å². The minimum Gasteiger partial charge on any atom is -0.385 e. The van der Waals surface area contributed by atoms with Crippen LogP contribution in [0.5, 0.6) is 0 Å². The average Bonchev–Trinajstić information content (AvgIpc) is 2.96. The third kappa shape index (κ3) is 2.76. The van der Waals surface area contributed by atoms with Gasteiger partial charge in [-0.25, -0.2) is 0 Å². The maximum Gasteiger partial charge on any atom is 0.256 e. The van der Waals surface area contributed by atoms with Crippen LogP contribution in [0.3, 0.4) is 0 Å². The summed E-state index contributed by atoms with van der Waals surface area (Å²) in [6, 6.07) is 7.09. The summed E-state index contributed by atoms with van der Waals surface area (Å²) in [6.07, 6.45) is 1.60. The number of para-hydroxylation sites is 1. The molecule has 1 aliphatic heterocycles. The number of hydrogen-bond acceptors (Lipinski definition) is 3. The van der Waals surface area contributed by atoms with Crippen LogP contribution in [0.25, 0.3) is 0 Å². The number of carbonyl (C=O) groups is 2. The van der Waals surface area contributed by atoms with E-state index in [0.29, 0.717) is 12.1 Å². The lowest BCUT2D eigenvalue weighted by molar-refractivity contribution is -0.124. The Morgan fingerprint density at radius 2 is 2.10 bits per heavy atom. The number of hydrogen-bond donors (Lipinski definition) is 2. The highest BCUT2D eigenvalue weighted by Crippen LogP contribution is 2.23. The van der Waals surface area contributed by atoms with E-state index in [-0.39, 0.29) is 17.9 Å². The Balaban J connectivity index is 2.24. The number of likely N-dealkylation sites (N-methyl/N-ethyl adjacent to an activating group) is 1. The van der Waals surface area contributed by atoms with Gasteiger partial charge in [-0.1, -0.05) is 12.1 Å². The summed E-state index contributed by atoms with van der Waals surface area (Å²) < 4.78 is 0. The molecule has 0 radical (unpaired) electrons. The number of carbonyl (C=O) groups excluding carboxylic acids is 2. The molecule has 0 saturated carbocycles. The van der Waals surface area contributed by atoms with Gasteiger partial charge in [0.15, 0.2) is 0 Å². The second kappa shape index (κ2) is 6.41. The first kappa shape index (κ1) is 14.4. The molecule has 5 heteroatoms. The first-order valence-corrected chi connectivity index (χ1v) is 7.04. The van der Waals surface area contributed by atoms with Crippen molar-refractivity contribution in [1.82, 2.24) is 10.2 Å². The predicted molar refractivity (Wildman–Crippen MR) is 78.7 cm³/mol. The standard InChI is InChI=1S/C15H21N3O2/c1-3-17-12-8-5-4-7-11(12)15(20)18-10-6-9-13(18)14(19)16-2/h4-5,7-8,13,17H,3,6,9-10H2,1-2H3,(H,16,19). The Labute approximate surface area is 119 Å². The summed E-state index contributed by atoms with van der Waals surface area (Å²) in [5, 5.41) is 5.83. The summed E-state index contributed by atoms with van der Waals surface area (Å²) in [6.45, 7) is 3.38. The minimum absolute atomic E-state index is 0.0762. The van der Waals surface area contributed by atoms with E-state index in [1.165, 1.54) is 0 Å². The topological polar surface area (TPSA) is 61.4 Å². The molecule has 5 nitrogen and oxygen atoms in total. The van der Waals surface area contributed by atoms with Crippen LogP contribution in [0.15, 0.2) is 24.3 Å². The summed E-state index contributed by atoms with van der Waals surface area (Å²) in [7, 11) is 1.61. The summed E-state index contributed by atoms with van der Waals surface area (Å²) in [5.41, 5.74) is 1.45. The Morgan fingerprint density at radius 1 is 1.35 bits per heavy atom. The molecule has 1 fully saturated rings. The minimum atomic E-state index is -0.345. The van der Waals surface area contributed by atoms with E-state index >= 15 is 0 Å². The van der Waals surface area contributed by atoms with Gasteiger partial charge in [-0.2, -0.15) is 0 Å². The van der Waals surface area contributed by atoms with Crippen molar-refractivity contribution in [2.75, 3.05) is 25.5 Å². The number of rotatable bonds is 4. The lowest BCUT2D eigenvalue weighted by atomic mass is 10.1. The molecule has 0 bridgehead atoms. The molecule has 2 amide bonds. The van der Waals surface area contributed by atoms with Crippen molar-refractivity contribution >= 4 is 17.5 Å². The number of anilines is 1. The Bertz CT molecular complexity index is 502. The fourth-order valence-corrected chi connectivity index (χ4v) is 2.62. The highest BCUT2D eigenvalue weighted by Gasteiger charge is 2.34. The van der Waals surface area contributed by atoms with E-state index in [1.807, 2.05) is 25.1 Å². The molecule has 1 saturated heterocycles. The molecule has 1 heterocycles. The number of amides is 2. The van der Waals surface area contributed by atoms with Crippen LogP contribution in [-0.4, -0.2) is 42.9 Å². The van der Waals surface area contributed by atoms with Gasteiger partial charge in [0.05, 0.1) is 5.56 Å². The Hall–Kier alpha value is -2.04. The third-order valence-corrected chi connectivity index (χ3v) is 3.59. The lowest BCUT2D eigenvalue weighted by Gasteiger charge is -2.24. The highest BCUT2D eigenvalue weighted by atomic mass is 16.2. The molecule has 0 aliphatic carbocycles. The van der Waals surface area contributed by atoms with Crippen molar-refractivity contribution in [2.45, 2.75) is 25.8 Å². The van der Waals surface area contributed by atoms with Gasteiger partial charge in [0, 0.05) is 25.8 Å². The van der Waals surface area contributed by atoms with Gasteiger partial charge in [0.2, 0.25) is 5.91 Å². The second-order valence-corrected chi connectivity index (χ2v) is 4.85. The SMILES string of the molecule is CCNc1ccccc1C(=O)N1CCCC1C(=O)NC. The van der Waals surface area contributed by atoms with Gasteiger partial charge in [-0.3, -0.25) is 9.59 Å². The molecule has 0 spiro atoms. The smallest absolute Gasteiger partial charge is 0.256 e. The molecular weight excluding hydrogens is 254 g/mol. The van der Waals surface area contributed by atoms with Crippen LogP contribution >= 0.6 is 0 Å². The van der Waals surface area contributed by atoms with E-state index in [9.17, 15) is 9.59 Å². The first-order valence-electron chi connectivity index (χ1n) is 7.04. The molecule has 1 aromatic carbocycles. The zero-order valence-electron chi connectivity index (χ0n) is 12.0. The largest absolute Gasteiger partial charge is 0.385 e. The summed E-state index contributed by atoms with van der Waals surface area (Å²) in [4.78, 5) is 26.2. The van der Waals surface area contributed by atoms with Crippen LogP contribution in [0.2, 0.25) is 0 Å². The van der Waals surface area contributed by atoms with Crippen LogP contribution in [0.1, 0.15) is 30.1 Å². The fourth-order valence-electron chi connectivity index (χ4n) is 2.62. The average molecular weight is 275 g/mol. The maximum atomic E-state index is 12.7. The number of likely N-dealkylation sites (tertiary alicyclic amines) is 1. The van der Waals surface area contributed by atoms with Crippen molar-refractivity contribution in [3.8, 4) is 0 Å². The zero-order valence-corrected chi connectivity index (χ0v) is 12.0. The Kier molecular flexibility index (Phi) is 4.61. The molecule has 0 aromatic heterocycles. The van der Waals surface area contributed by atoms with Crippen LogP contribution in [0.4, 0.5) is 5.69 Å². The molecule has 20 heavy (non-hydrogen) atoms. The molecule has 1 atom stereocenters. The highest BCUT2D eigenvalue weighted by molar-refractivity contribution is 6.02. The third-order valence-electron chi connectivity index (χ3n) is 3.59. The van der Waals surface area contributed by atoms with E-state index in [2.05, 4.69) is 10.6 Å². The molecule has 1 aromatic rings. The molecule has 1 aliphatic rings. The van der Waals surface area contributed by atoms with Gasteiger partial charge < -0.3 is 15.5 Å². The van der Waals surface area contributed by atoms with Crippen molar-refractivity contribution in [2.24, 2.45) is 0 Å². The normalized spacial score (nSPS) is 17.9. The first-order chi connectivity index (χ1) is 9.69. The van der Waals surface area contributed by atoms with Crippen LogP contribution < -0.4 is 10.6 Å². The number of nitrogens with one attached hydrogen (secondary N) is 2. The van der Waals surface area contributed by atoms with E-state index in [0.717, 1.165) is 25.1 Å². The van der Waals surface area contributed by atoms with Crippen molar-refractivity contribution in [3.05, 3.63) is 29.8 Å². The van der Waals surface area contributed by atoms with Crippen molar-refractivity contribution in [3.63, 3.8) is 0 Å². The van der Waals surface area contributed by atoms with Crippen LogP contribution in [-0.2, 0) is 4.79 Å². The Morgan fingerprint density at radius 3 is 2.80 bits per heavy atom. The lowest BCUT2D eigenvalue weighted by Crippen LogP contribution is -2.45. The summed E-state index contributed by atoms with van der Waals surface area (Å²) in [5.74, 6) is -0.163. The number of benzene rings is 1. The van der Waals surface area contributed by atoms with Crippen LogP contribution in [0, 0.1) is 0 Å². The van der Waals surface area contributed by atoms with Gasteiger partial charge in [-0.15, -0.1) is 0 Å². The van der Waals surface area contributed by atoms with Gasteiger partial charge in [-0.05, 0) is 31.9 Å². The van der Waals surface area contributed by atoms with Gasteiger partial charge in [0.1, 0.15) is 6.04 Å². The quantitative estimate of drug-likeness (QED) is 0.874. The van der Waals surface area contributed by atoms with Gasteiger partial charge >= 0.3 is 0 Å². The maximum absolute atomic E-state index is 12.7. The van der Waals surface area contributed by atoms with E-state index in [1.54, 1.807) is 18.0 Å². The molecular formula is C15H21N3O2.